The number of carbonyl (C=O) groups is 2. The Morgan fingerprint density at radius 3 is 2.80 bits per heavy atom. The number of fused-ring (bicyclic) bond motifs is 1. The van der Waals surface area contributed by atoms with Crippen LogP contribution in [-0.4, -0.2) is 35.9 Å². The highest BCUT2D eigenvalue weighted by Gasteiger charge is 2.34. The van der Waals surface area contributed by atoms with Crippen LogP contribution in [-0.2, 0) is 11.2 Å². The number of nitrogens with one attached hydrogen (secondary N) is 1. The molecule has 2 aliphatic rings. The van der Waals surface area contributed by atoms with E-state index in [2.05, 4.69) is 5.32 Å². The molecule has 0 spiro atoms. The van der Waals surface area contributed by atoms with E-state index in [9.17, 15) is 9.59 Å². The number of hydrogen-bond acceptors (Lipinski definition) is 3. The summed E-state index contributed by atoms with van der Waals surface area (Å²) in [6.07, 6.45) is 2.36. The Kier molecular flexibility index (Phi) is 4.14. The van der Waals surface area contributed by atoms with Crippen LogP contribution in [0.4, 0.5) is 5.69 Å². The SMILES string of the molecule is O=C(Nc1ccccc1)C1CCCN1C(=O)c1ccc2c(c1)CCO2. The third kappa shape index (κ3) is 3.09. The predicted molar refractivity (Wildman–Crippen MR) is 94.8 cm³/mol. The van der Waals surface area contributed by atoms with E-state index in [4.69, 9.17) is 4.74 Å². The van der Waals surface area contributed by atoms with Crippen molar-refractivity contribution in [2.24, 2.45) is 0 Å². The number of likely N-dealkylation sites (tertiary alicyclic amines) is 1. The van der Waals surface area contributed by atoms with Gasteiger partial charge < -0.3 is 15.0 Å². The third-order valence-electron chi connectivity index (χ3n) is 4.79. The summed E-state index contributed by atoms with van der Waals surface area (Å²) in [5, 5.41) is 2.91. The lowest BCUT2D eigenvalue weighted by atomic mass is 10.1. The molecule has 2 heterocycles. The molecule has 0 radical (unpaired) electrons. The first-order chi connectivity index (χ1) is 12.2. The maximum absolute atomic E-state index is 12.9. The molecule has 25 heavy (non-hydrogen) atoms. The van der Waals surface area contributed by atoms with Gasteiger partial charge in [-0.1, -0.05) is 18.2 Å². The van der Waals surface area contributed by atoms with Crippen LogP contribution in [0.1, 0.15) is 28.8 Å². The molecule has 2 aromatic rings. The second kappa shape index (κ2) is 6.59. The van der Waals surface area contributed by atoms with Crippen LogP contribution in [0.3, 0.4) is 0 Å². The topological polar surface area (TPSA) is 58.6 Å². The molecule has 1 unspecified atom stereocenters. The molecule has 4 rings (SSSR count). The van der Waals surface area contributed by atoms with Gasteiger partial charge in [-0.25, -0.2) is 0 Å². The van der Waals surface area contributed by atoms with Crippen molar-refractivity contribution in [2.75, 3.05) is 18.5 Å². The minimum atomic E-state index is -0.419. The Morgan fingerprint density at radius 2 is 1.96 bits per heavy atom. The molecule has 1 N–H and O–H groups in total. The summed E-state index contributed by atoms with van der Waals surface area (Å²) in [7, 11) is 0. The number of para-hydroxylation sites is 1. The molecule has 5 nitrogen and oxygen atoms in total. The second-order valence-electron chi connectivity index (χ2n) is 6.43. The number of carbonyl (C=O) groups excluding carboxylic acids is 2. The minimum Gasteiger partial charge on any atom is -0.493 e. The van der Waals surface area contributed by atoms with E-state index < -0.39 is 6.04 Å². The van der Waals surface area contributed by atoms with Crippen LogP contribution in [0.2, 0.25) is 0 Å². The monoisotopic (exact) mass is 336 g/mol. The average molecular weight is 336 g/mol. The molecule has 0 aromatic heterocycles. The quantitative estimate of drug-likeness (QED) is 0.938. The second-order valence-corrected chi connectivity index (χ2v) is 6.43. The van der Waals surface area contributed by atoms with Gasteiger partial charge in [-0.15, -0.1) is 0 Å². The van der Waals surface area contributed by atoms with Crippen molar-refractivity contribution in [3.8, 4) is 5.75 Å². The summed E-state index contributed by atoms with van der Waals surface area (Å²) >= 11 is 0. The van der Waals surface area contributed by atoms with Gasteiger partial charge in [0.15, 0.2) is 0 Å². The minimum absolute atomic E-state index is 0.0830. The van der Waals surface area contributed by atoms with Gasteiger partial charge in [-0.3, -0.25) is 9.59 Å². The first-order valence-corrected chi connectivity index (χ1v) is 8.65. The van der Waals surface area contributed by atoms with Crippen molar-refractivity contribution >= 4 is 17.5 Å². The fourth-order valence-electron chi connectivity index (χ4n) is 3.51. The van der Waals surface area contributed by atoms with Crippen molar-refractivity contribution in [1.29, 1.82) is 0 Å². The Hall–Kier alpha value is -2.82. The fraction of sp³-hybridized carbons (Fsp3) is 0.300. The molecule has 2 aromatic carbocycles. The Bertz CT molecular complexity index is 804. The number of hydrogen-bond donors (Lipinski definition) is 1. The van der Waals surface area contributed by atoms with Crippen molar-refractivity contribution in [2.45, 2.75) is 25.3 Å². The van der Waals surface area contributed by atoms with E-state index >= 15 is 0 Å². The van der Waals surface area contributed by atoms with Gasteiger partial charge in [0.1, 0.15) is 11.8 Å². The maximum atomic E-state index is 12.9. The Balaban J connectivity index is 1.51. The average Bonchev–Trinajstić information content (AvgIpc) is 3.30. The molecular formula is C20H20N2O3. The van der Waals surface area contributed by atoms with E-state index in [1.165, 1.54) is 0 Å². The predicted octanol–water partition coefficient (Wildman–Crippen LogP) is 2.86. The molecule has 1 saturated heterocycles. The van der Waals surface area contributed by atoms with E-state index in [1.54, 1.807) is 11.0 Å². The summed E-state index contributed by atoms with van der Waals surface area (Å²) in [5.41, 5.74) is 2.44. The first kappa shape index (κ1) is 15.7. The van der Waals surface area contributed by atoms with E-state index in [-0.39, 0.29) is 11.8 Å². The molecule has 0 saturated carbocycles. The van der Waals surface area contributed by atoms with Gasteiger partial charge in [0.25, 0.3) is 5.91 Å². The number of anilines is 1. The Morgan fingerprint density at radius 1 is 1.12 bits per heavy atom. The number of amides is 2. The van der Waals surface area contributed by atoms with Crippen LogP contribution in [0.5, 0.6) is 5.75 Å². The molecule has 0 bridgehead atoms. The van der Waals surface area contributed by atoms with E-state index in [0.29, 0.717) is 25.1 Å². The summed E-state index contributed by atoms with van der Waals surface area (Å²) in [6, 6.07) is 14.5. The number of benzene rings is 2. The largest absolute Gasteiger partial charge is 0.493 e. The molecule has 128 valence electrons. The third-order valence-corrected chi connectivity index (χ3v) is 4.79. The van der Waals surface area contributed by atoms with Gasteiger partial charge in [0.2, 0.25) is 5.91 Å². The molecule has 5 heteroatoms. The Labute approximate surface area is 146 Å². The van der Waals surface area contributed by atoms with Crippen LogP contribution in [0.25, 0.3) is 0 Å². The van der Waals surface area contributed by atoms with Crippen LogP contribution in [0, 0.1) is 0 Å². The zero-order valence-electron chi connectivity index (χ0n) is 13.9. The summed E-state index contributed by atoms with van der Waals surface area (Å²) < 4.78 is 5.50. The summed E-state index contributed by atoms with van der Waals surface area (Å²) in [5.74, 6) is 0.651. The number of ether oxygens (including phenoxy) is 1. The van der Waals surface area contributed by atoms with Crippen molar-refractivity contribution in [3.05, 3.63) is 59.7 Å². The van der Waals surface area contributed by atoms with Crippen LogP contribution in [0.15, 0.2) is 48.5 Å². The highest BCUT2D eigenvalue weighted by molar-refractivity contribution is 6.01. The van der Waals surface area contributed by atoms with Gasteiger partial charge in [-0.2, -0.15) is 0 Å². The van der Waals surface area contributed by atoms with Crippen LogP contribution >= 0.6 is 0 Å². The van der Waals surface area contributed by atoms with E-state index in [1.807, 2.05) is 42.5 Å². The standard InChI is InChI=1S/C20H20N2O3/c23-19(21-16-5-2-1-3-6-16)17-7-4-11-22(17)20(24)15-8-9-18-14(13-15)10-12-25-18/h1-3,5-6,8-9,13,17H,4,7,10-12H2,(H,21,23). The smallest absolute Gasteiger partial charge is 0.254 e. The lowest BCUT2D eigenvalue weighted by Gasteiger charge is -2.24. The molecule has 0 aliphatic carbocycles. The van der Waals surface area contributed by atoms with Gasteiger partial charge >= 0.3 is 0 Å². The van der Waals surface area contributed by atoms with Gasteiger partial charge in [0.05, 0.1) is 6.61 Å². The molecule has 1 fully saturated rings. The lowest BCUT2D eigenvalue weighted by molar-refractivity contribution is -0.119. The molecular weight excluding hydrogens is 316 g/mol. The normalized spacial score (nSPS) is 18.6. The van der Waals surface area contributed by atoms with Gasteiger partial charge in [-0.05, 0) is 48.7 Å². The summed E-state index contributed by atoms with van der Waals surface area (Å²) in [6.45, 7) is 1.28. The van der Waals surface area contributed by atoms with Crippen molar-refractivity contribution in [1.82, 2.24) is 4.90 Å². The highest BCUT2D eigenvalue weighted by Crippen LogP contribution is 2.28. The molecule has 2 aliphatic heterocycles. The van der Waals surface area contributed by atoms with E-state index in [0.717, 1.165) is 29.8 Å². The van der Waals surface area contributed by atoms with Crippen molar-refractivity contribution in [3.63, 3.8) is 0 Å². The first-order valence-electron chi connectivity index (χ1n) is 8.65. The number of nitrogens with zero attached hydrogens (tertiary/aromatic N) is 1. The van der Waals surface area contributed by atoms with Gasteiger partial charge in [0, 0.05) is 24.2 Å². The zero-order chi connectivity index (χ0) is 17.2. The zero-order valence-corrected chi connectivity index (χ0v) is 13.9. The maximum Gasteiger partial charge on any atom is 0.254 e. The van der Waals surface area contributed by atoms with Crippen LogP contribution < -0.4 is 10.1 Å². The fourth-order valence-corrected chi connectivity index (χ4v) is 3.51. The lowest BCUT2D eigenvalue weighted by Crippen LogP contribution is -2.43. The molecule has 1 atom stereocenters. The summed E-state index contributed by atoms with van der Waals surface area (Å²) in [4.78, 5) is 27.2. The van der Waals surface area contributed by atoms with Crippen molar-refractivity contribution < 1.29 is 14.3 Å². The molecule has 2 amide bonds. The number of rotatable bonds is 3. The highest BCUT2D eigenvalue weighted by atomic mass is 16.5.